The summed E-state index contributed by atoms with van der Waals surface area (Å²) < 4.78 is 6.32. The van der Waals surface area contributed by atoms with Crippen LogP contribution in [0.5, 0.6) is 0 Å². The molecule has 0 amide bonds. The second-order valence-electron chi connectivity index (χ2n) is 9.56. The van der Waals surface area contributed by atoms with Gasteiger partial charge in [-0.15, -0.1) is 0 Å². The molecule has 0 aromatic carbocycles. The summed E-state index contributed by atoms with van der Waals surface area (Å²) in [7, 11) is 0. The van der Waals surface area contributed by atoms with Gasteiger partial charge in [0.1, 0.15) is 6.23 Å². The quantitative estimate of drug-likeness (QED) is 0.723. The fourth-order valence-corrected chi connectivity index (χ4v) is 7.66. The van der Waals surface area contributed by atoms with Crippen LogP contribution in [0.15, 0.2) is 0 Å². The molecule has 2 heterocycles. The van der Waals surface area contributed by atoms with Crippen LogP contribution in [-0.2, 0) is 4.74 Å². The van der Waals surface area contributed by atoms with Gasteiger partial charge in [-0.05, 0) is 74.0 Å². The average molecular weight is 305 g/mol. The molecular formula is C19H31NO2. The van der Waals surface area contributed by atoms with Crippen molar-refractivity contribution in [3.63, 3.8) is 0 Å². The molecule has 22 heavy (non-hydrogen) atoms. The zero-order valence-electron chi connectivity index (χ0n) is 14.1. The summed E-state index contributed by atoms with van der Waals surface area (Å²) in [5.74, 6) is 3.26. The second kappa shape index (κ2) is 4.49. The summed E-state index contributed by atoms with van der Waals surface area (Å²) in [4.78, 5) is 0. The van der Waals surface area contributed by atoms with Crippen molar-refractivity contribution >= 4 is 0 Å². The highest BCUT2D eigenvalue weighted by Crippen LogP contribution is 2.66. The van der Waals surface area contributed by atoms with Crippen molar-refractivity contribution in [2.45, 2.75) is 77.2 Å². The highest BCUT2D eigenvalue weighted by Gasteiger charge is 2.63. The average Bonchev–Trinajstić information content (AvgIpc) is 3.02. The summed E-state index contributed by atoms with van der Waals surface area (Å²) in [6.07, 6.45) is 9.52. The number of nitrogens with one attached hydrogen (secondary N) is 1. The van der Waals surface area contributed by atoms with Crippen molar-refractivity contribution in [3.05, 3.63) is 0 Å². The van der Waals surface area contributed by atoms with Crippen molar-refractivity contribution < 1.29 is 9.84 Å². The Morgan fingerprint density at radius 3 is 2.82 bits per heavy atom. The first kappa shape index (κ1) is 14.2. The molecule has 0 radical (unpaired) electrons. The topological polar surface area (TPSA) is 41.5 Å². The molecule has 0 aromatic rings. The van der Waals surface area contributed by atoms with Gasteiger partial charge in [0.2, 0.25) is 0 Å². The lowest BCUT2D eigenvalue weighted by Gasteiger charge is -2.61. The highest BCUT2D eigenvalue weighted by molar-refractivity contribution is 5.12. The number of aliphatic hydroxyl groups excluding tert-OH is 1. The van der Waals surface area contributed by atoms with Crippen LogP contribution < -0.4 is 5.32 Å². The monoisotopic (exact) mass is 305 g/mol. The molecule has 9 atom stereocenters. The zero-order chi connectivity index (χ0) is 15.1. The molecule has 2 saturated heterocycles. The Labute approximate surface area is 134 Å². The van der Waals surface area contributed by atoms with E-state index in [1.165, 1.54) is 32.1 Å². The van der Waals surface area contributed by atoms with E-state index >= 15 is 0 Å². The number of fused-ring (bicyclic) bond motifs is 8. The number of aliphatic hydroxyl groups is 1. The van der Waals surface area contributed by atoms with E-state index in [0.29, 0.717) is 23.2 Å². The lowest BCUT2D eigenvalue weighted by Crippen LogP contribution is -2.58. The van der Waals surface area contributed by atoms with Crippen LogP contribution in [0.1, 0.15) is 58.8 Å². The fraction of sp³-hybridized carbons (Fsp3) is 1.00. The lowest BCUT2D eigenvalue weighted by atomic mass is 9.46. The molecule has 5 rings (SSSR count). The van der Waals surface area contributed by atoms with Crippen molar-refractivity contribution in [1.29, 1.82) is 0 Å². The largest absolute Gasteiger partial charge is 0.393 e. The van der Waals surface area contributed by atoms with Gasteiger partial charge >= 0.3 is 0 Å². The van der Waals surface area contributed by atoms with Crippen LogP contribution in [0.2, 0.25) is 0 Å². The minimum Gasteiger partial charge on any atom is -0.393 e. The van der Waals surface area contributed by atoms with E-state index in [-0.39, 0.29) is 6.10 Å². The van der Waals surface area contributed by atoms with Gasteiger partial charge in [0.15, 0.2) is 0 Å². The summed E-state index contributed by atoms with van der Waals surface area (Å²) >= 11 is 0. The SMILES string of the molecule is C[C@]12CC[C@H]3[C@@H](CC[C@@H]4C[C@@H]5NC[C@@H](O5)[C@@]43C)[C@@H]1C[C@H](O)C2. The third-order valence-electron chi connectivity index (χ3n) is 8.76. The molecular weight excluding hydrogens is 274 g/mol. The smallest absolute Gasteiger partial charge is 0.108 e. The van der Waals surface area contributed by atoms with Gasteiger partial charge in [-0.25, -0.2) is 0 Å². The molecule has 124 valence electrons. The van der Waals surface area contributed by atoms with Crippen LogP contribution in [-0.4, -0.2) is 30.1 Å². The Balaban J connectivity index is 1.50. The van der Waals surface area contributed by atoms with Crippen LogP contribution in [0, 0.1) is 34.5 Å². The molecule has 3 nitrogen and oxygen atoms in total. The van der Waals surface area contributed by atoms with Gasteiger partial charge < -0.3 is 9.84 Å². The van der Waals surface area contributed by atoms with Crippen molar-refractivity contribution in [2.24, 2.45) is 34.5 Å². The van der Waals surface area contributed by atoms with Gasteiger partial charge in [0, 0.05) is 12.0 Å². The number of hydrogen-bond acceptors (Lipinski definition) is 3. The molecule has 0 aromatic heterocycles. The highest BCUT2D eigenvalue weighted by atomic mass is 16.5. The Hall–Kier alpha value is -0.120. The van der Waals surface area contributed by atoms with Crippen LogP contribution in [0.3, 0.4) is 0 Å². The molecule has 5 aliphatic rings. The maximum Gasteiger partial charge on any atom is 0.108 e. The maximum absolute atomic E-state index is 10.3. The van der Waals surface area contributed by atoms with E-state index in [0.717, 1.165) is 43.1 Å². The molecule has 0 spiro atoms. The summed E-state index contributed by atoms with van der Waals surface area (Å²) in [5, 5.41) is 13.9. The predicted octanol–water partition coefficient (Wildman–Crippen LogP) is 2.92. The molecule has 2 N–H and O–H groups in total. The standard InChI is InChI=1S/C19H31NO2/c1-18-6-5-14-13(15(18)8-12(21)9-18)4-3-11-7-17-20-10-16(22-17)19(11,14)2/h11-17,20-21H,3-10H2,1-2H3/t11-,12+,13-,14+,15+,16-,17-,18-,19+/m1/s1. The molecule has 5 fully saturated rings. The van der Waals surface area contributed by atoms with E-state index in [4.69, 9.17) is 4.74 Å². The minimum absolute atomic E-state index is 0.0422. The van der Waals surface area contributed by atoms with Gasteiger partial charge in [-0.1, -0.05) is 13.8 Å². The first-order valence-electron chi connectivity index (χ1n) is 9.57. The van der Waals surface area contributed by atoms with Crippen LogP contribution >= 0.6 is 0 Å². The fourth-order valence-electron chi connectivity index (χ4n) is 7.66. The van der Waals surface area contributed by atoms with Gasteiger partial charge in [0.05, 0.1) is 12.2 Å². The third kappa shape index (κ3) is 1.68. The van der Waals surface area contributed by atoms with E-state index in [2.05, 4.69) is 19.2 Å². The molecule has 3 saturated carbocycles. The van der Waals surface area contributed by atoms with E-state index in [1.807, 2.05) is 0 Å². The first-order valence-corrected chi connectivity index (χ1v) is 9.57. The van der Waals surface area contributed by atoms with Crippen LogP contribution in [0.4, 0.5) is 0 Å². The van der Waals surface area contributed by atoms with Gasteiger partial charge in [-0.3, -0.25) is 5.32 Å². The summed E-state index contributed by atoms with van der Waals surface area (Å²) in [6, 6.07) is 0. The van der Waals surface area contributed by atoms with E-state index in [1.54, 1.807) is 0 Å². The van der Waals surface area contributed by atoms with E-state index < -0.39 is 0 Å². The molecule has 0 unspecified atom stereocenters. The number of ether oxygens (including phenoxy) is 1. The Bertz CT molecular complexity index is 482. The first-order chi connectivity index (χ1) is 10.5. The van der Waals surface area contributed by atoms with Gasteiger partial charge in [-0.2, -0.15) is 0 Å². The molecule has 2 aliphatic heterocycles. The zero-order valence-corrected chi connectivity index (χ0v) is 14.1. The van der Waals surface area contributed by atoms with Crippen molar-refractivity contribution in [1.82, 2.24) is 5.32 Å². The normalized spacial score (nSPS) is 63.1. The Morgan fingerprint density at radius 2 is 1.95 bits per heavy atom. The number of rotatable bonds is 0. The van der Waals surface area contributed by atoms with Crippen molar-refractivity contribution in [3.8, 4) is 0 Å². The third-order valence-corrected chi connectivity index (χ3v) is 8.76. The lowest BCUT2D eigenvalue weighted by molar-refractivity contribution is -0.190. The van der Waals surface area contributed by atoms with Gasteiger partial charge in [0.25, 0.3) is 0 Å². The molecule has 3 aliphatic carbocycles. The van der Waals surface area contributed by atoms with Crippen molar-refractivity contribution in [2.75, 3.05) is 6.54 Å². The molecule has 3 heteroatoms. The maximum atomic E-state index is 10.3. The summed E-state index contributed by atoms with van der Waals surface area (Å²) in [6.45, 7) is 6.07. The Kier molecular flexibility index (Phi) is 2.91. The number of hydrogen-bond donors (Lipinski definition) is 2. The van der Waals surface area contributed by atoms with E-state index in [9.17, 15) is 5.11 Å². The Morgan fingerprint density at radius 1 is 1.09 bits per heavy atom. The predicted molar refractivity (Wildman–Crippen MR) is 85.2 cm³/mol. The minimum atomic E-state index is -0.0422. The molecule has 2 bridgehead atoms. The summed E-state index contributed by atoms with van der Waals surface area (Å²) in [5.41, 5.74) is 0.785. The van der Waals surface area contributed by atoms with Crippen LogP contribution in [0.25, 0.3) is 0 Å². The second-order valence-corrected chi connectivity index (χ2v) is 9.56.